The Balaban J connectivity index is 3.06. The van der Waals surface area contributed by atoms with Crippen molar-refractivity contribution >= 4 is 17.8 Å². The molecule has 0 fully saturated rings. The molecular weight excluding hydrogens is 178 g/mol. The second-order valence-corrected chi connectivity index (χ2v) is 2.90. The molecule has 0 saturated heterocycles. The van der Waals surface area contributed by atoms with E-state index in [1.807, 2.05) is 18.2 Å². The minimum atomic E-state index is -1.07. The number of benzene rings is 1. The van der Waals surface area contributed by atoms with E-state index in [2.05, 4.69) is 0 Å². The van der Waals surface area contributed by atoms with E-state index in [4.69, 9.17) is 10.5 Å². The molecule has 0 heterocycles. The molecule has 0 bridgehead atoms. The van der Waals surface area contributed by atoms with Crippen molar-refractivity contribution in [2.24, 2.45) is 0 Å². The standard InChI is InChI=1S/C11H11NO2/c1-8(12)10(11(13)14)7-9-5-3-2-4-6-9/h2-7,12H,1H3,(H,13,14)/b10-7-,12-8?. The molecule has 14 heavy (non-hydrogen) atoms. The summed E-state index contributed by atoms with van der Waals surface area (Å²) in [6, 6.07) is 9.10. The molecule has 2 N–H and O–H groups in total. The van der Waals surface area contributed by atoms with Crippen molar-refractivity contribution in [2.45, 2.75) is 6.92 Å². The van der Waals surface area contributed by atoms with Gasteiger partial charge in [-0.05, 0) is 18.6 Å². The minimum absolute atomic E-state index is 0.0243. The summed E-state index contributed by atoms with van der Waals surface area (Å²) in [5, 5.41) is 16.1. The van der Waals surface area contributed by atoms with Crippen molar-refractivity contribution in [1.29, 1.82) is 5.41 Å². The van der Waals surface area contributed by atoms with Crippen LogP contribution >= 0.6 is 0 Å². The summed E-state index contributed by atoms with van der Waals surface area (Å²) >= 11 is 0. The highest BCUT2D eigenvalue weighted by molar-refractivity contribution is 6.20. The van der Waals surface area contributed by atoms with E-state index in [-0.39, 0.29) is 11.3 Å². The third kappa shape index (κ3) is 2.55. The molecule has 72 valence electrons. The molecule has 0 spiro atoms. The fourth-order valence-corrected chi connectivity index (χ4v) is 1.05. The average Bonchev–Trinajstić information content (AvgIpc) is 2.15. The van der Waals surface area contributed by atoms with Gasteiger partial charge >= 0.3 is 5.97 Å². The number of carboxylic acid groups (broad SMARTS) is 1. The minimum Gasteiger partial charge on any atom is -0.478 e. The lowest BCUT2D eigenvalue weighted by Crippen LogP contribution is -2.07. The fourth-order valence-electron chi connectivity index (χ4n) is 1.05. The van der Waals surface area contributed by atoms with Crippen LogP contribution in [0.15, 0.2) is 35.9 Å². The lowest BCUT2D eigenvalue weighted by atomic mass is 10.1. The van der Waals surface area contributed by atoms with Crippen LogP contribution in [0.1, 0.15) is 12.5 Å². The lowest BCUT2D eigenvalue weighted by Gasteiger charge is -1.99. The zero-order valence-corrected chi connectivity index (χ0v) is 7.82. The van der Waals surface area contributed by atoms with E-state index in [9.17, 15) is 4.79 Å². The van der Waals surface area contributed by atoms with Crippen molar-refractivity contribution in [1.82, 2.24) is 0 Å². The summed E-state index contributed by atoms with van der Waals surface area (Å²) < 4.78 is 0. The van der Waals surface area contributed by atoms with Gasteiger partial charge < -0.3 is 10.5 Å². The molecule has 0 radical (unpaired) electrons. The van der Waals surface area contributed by atoms with Crippen LogP contribution < -0.4 is 0 Å². The Bertz CT molecular complexity index is 364. The van der Waals surface area contributed by atoms with E-state index in [1.54, 1.807) is 12.1 Å². The Hall–Kier alpha value is -1.90. The van der Waals surface area contributed by atoms with Crippen LogP contribution in [0.5, 0.6) is 0 Å². The van der Waals surface area contributed by atoms with Crippen LogP contribution in [-0.2, 0) is 4.79 Å². The van der Waals surface area contributed by atoms with Crippen molar-refractivity contribution in [3.05, 3.63) is 41.5 Å². The molecule has 0 aliphatic carbocycles. The quantitative estimate of drug-likeness (QED) is 0.565. The van der Waals surface area contributed by atoms with E-state index in [0.29, 0.717) is 0 Å². The summed E-state index contributed by atoms with van der Waals surface area (Å²) in [7, 11) is 0. The Kier molecular flexibility index (Phi) is 3.18. The molecule has 0 unspecified atom stereocenters. The van der Waals surface area contributed by atoms with Crippen molar-refractivity contribution in [3.8, 4) is 0 Å². The van der Waals surface area contributed by atoms with Gasteiger partial charge in [0.05, 0.1) is 5.57 Å². The summed E-state index contributed by atoms with van der Waals surface area (Å²) in [4.78, 5) is 10.7. The predicted molar refractivity (Wildman–Crippen MR) is 55.5 cm³/mol. The van der Waals surface area contributed by atoms with Gasteiger partial charge in [-0.15, -0.1) is 0 Å². The van der Waals surface area contributed by atoms with Gasteiger partial charge in [-0.2, -0.15) is 0 Å². The third-order valence-corrected chi connectivity index (χ3v) is 1.74. The summed E-state index contributed by atoms with van der Waals surface area (Å²) in [5.74, 6) is -1.07. The highest BCUT2D eigenvalue weighted by atomic mass is 16.4. The molecule has 1 aromatic carbocycles. The third-order valence-electron chi connectivity index (χ3n) is 1.74. The van der Waals surface area contributed by atoms with Crippen LogP contribution in [0.25, 0.3) is 6.08 Å². The van der Waals surface area contributed by atoms with Gasteiger partial charge in [0.1, 0.15) is 0 Å². The first kappa shape index (κ1) is 10.2. The van der Waals surface area contributed by atoms with Crippen LogP contribution in [0, 0.1) is 5.41 Å². The normalized spacial score (nSPS) is 11.1. The number of rotatable bonds is 3. The SMILES string of the molecule is CC(=N)/C(=C/c1ccccc1)C(=O)O. The van der Waals surface area contributed by atoms with Gasteiger partial charge in [-0.1, -0.05) is 30.3 Å². The van der Waals surface area contributed by atoms with Crippen LogP contribution in [0.2, 0.25) is 0 Å². The first-order chi connectivity index (χ1) is 6.61. The molecule has 0 aliphatic heterocycles. The van der Waals surface area contributed by atoms with Crippen LogP contribution in [0.3, 0.4) is 0 Å². The van der Waals surface area contributed by atoms with Crippen molar-refractivity contribution in [2.75, 3.05) is 0 Å². The smallest absolute Gasteiger partial charge is 0.337 e. The number of carbonyl (C=O) groups is 1. The fraction of sp³-hybridized carbons (Fsp3) is 0.0909. The molecule has 0 amide bonds. The maximum absolute atomic E-state index is 10.7. The molecule has 0 aromatic heterocycles. The highest BCUT2D eigenvalue weighted by Gasteiger charge is 2.08. The number of nitrogens with one attached hydrogen (secondary N) is 1. The van der Waals surface area contributed by atoms with Gasteiger partial charge in [0.2, 0.25) is 0 Å². The average molecular weight is 189 g/mol. The summed E-state index contributed by atoms with van der Waals surface area (Å²) in [6.45, 7) is 1.46. The second-order valence-electron chi connectivity index (χ2n) is 2.90. The number of hydrogen-bond donors (Lipinski definition) is 2. The van der Waals surface area contributed by atoms with E-state index in [0.717, 1.165) is 5.56 Å². The van der Waals surface area contributed by atoms with E-state index < -0.39 is 5.97 Å². The van der Waals surface area contributed by atoms with Crippen molar-refractivity contribution < 1.29 is 9.90 Å². The Morgan fingerprint density at radius 2 is 1.93 bits per heavy atom. The van der Waals surface area contributed by atoms with Gasteiger partial charge in [-0.25, -0.2) is 4.79 Å². The van der Waals surface area contributed by atoms with Crippen molar-refractivity contribution in [3.63, 3.8) is 0 Å². The van der Waals surface area contributed by atoms with Gasteiger partial charge in [0.15, 0.2) is 0 Å². The molecule has 3 heteroatoms. The Labute approximate surface area is 82.2 Å². The molecule has 3 nitrogen and oxygen atoms in total. The maximum atomic E-state index is 10.7. The second kappa shape index (κ2) is 4.37. The Morgan fingerprint density at radius 3 is 2.36 bits per heavy atom. The molecule has 1 aromatic rings. The molecular formula is C11H11NO2. The highest BCUT2D eigenvalue weighted by Crippen LogP contribution is 2.07. The zero-order valence-electron chi connectivity index (χ0n) is 7.82. The van der Waals surface area contributed by atoms with Gasteiger partial charge in [0.25, 0.3) is 0 Å². The van der Waals surface area contributed by atoms with Crippen LogP contribution in [0.4, 0.5) is 0 Å². The molecule has 1 rings (SSSR count). The number of hydrogen-bond acceptors (Lipinski definition) is 2. The van der Waals surface area contributed by atoms with E-state index in [1.165, 1.54) is 13.0 Å². The van der Waals surface area contributed by atoms with Gasteiger partial charge in [-0.3, -0.25) is 0 Å². The van der Waals surface area contributed by atoms with E-state index >= 15 is 0 Å². The molecule has 0 saturated carbocycles. The first-order valence-electron chi connectivity index (χ1n) is 4.17. The monoisotopic (exact) mass is 189 g/mol. The summed E-state index contributed by atoms with van der Waals surface area (Å²) in [6.07, 6.45) is 1.49. The molecule has 0 aliphatic rings. The largest absolute Gasteiger partial charge is 0.478 e. The Morgan fingerprint density at radius 1 is 1.36 bits per heavy atom. The van der Waals surface area contributed by atoms with Gasteiger partial charge in [0, 0.05) is 5.71 Å². The number of aliphatic carboxylic acids is 1. The van der Waals surface area contributed by atoms with Crippen LogP contribution in [-0.4, -0.2) is 16.8 Å². The molecule has 0 atom stereocenters. The lowest BCUT2D eigenvalue weighted by molar-refractivity contribution is -0.131. The summed E-state index contributed by atoms with van der Waals surface area (Å²) in [5.41, 5.74) is 0.869. The topological polar surface area (TPSA) is 61.2 Å². The zero-order chi connectivity index (χ0) is 10.6. The number of carboxylic acids is 1. The maximum Gasteiger partial charge on any atom is 0.337 e. The first-order valence-corrected chi connectivity index (χ1v) is 4.17. The predicted octanol–water partition coefficient (Wildman–Crippen LogP) is 2.19.